The van der Waals surface area contributed by atoms with E-state index in [0.29, 0.717) is 13.1 Å². The molecular formula is C16H24N2O3S. The molecule has 1 heterocycles. The third kappa shape index (κ3) is 3.27. The summed E-state index contributed by atoms with van der Waals surface area (Å²) < 4.78 is 23.5. The lowest BCUT2D eigenvalue weighted by atomic mass is 10.1. The molecule has 0 unspecified atom stereocenters. The minimum absolute atomic E-state index is 0.00843. The highest BCUT2D eigenvalue weighted by molar-refractivity contribution is 7.92. The summed E-state index contributed by atoms with van der Waals surface area (Å²) in [6.45, 7) is 4.66. The number of carbonyl (C=O) groups is 1. The van der Waals surface area contributed by atoms with E-state index >= 15 is 0 Å². The van der Waals surface area contributed by atoms with E-state index in [1.807, 2.05) is 38.2 Å². The van der Waals surface area contributed by atoms with Crippen molar-refractivity contribution in [3.8, 4) is 0 Å². The fraction of sp³-hybridized carbons (Fsp3) is 0.562. The average Bonchev–Trinajstić information content (AvgIpc) is 2.62. The molecule has 0 N–H and O–H groups in total. The number of hydrogen-bond donors (Lipinski definition) is 0. The zero-order valence-electron chi connectivity index (χ0n) is 13.6. The Morgan fingerprint density at radius 1 is 1.36 bits per heavy atom. The van der Waals surface area contributed by atoms with Gasteiger partial charge in [0.1, 0.15) is 5.25 Å². The van der Waals surface area contributed by atoms with Crippen LogP contribution in [0.3, 0.4) is 0 Å². The van der Waals surface area contributed by atoms with Gasteiger partial charge in [-0.15, -0.1) is 0 Å². The lowest BCUT2D eigenvalue weighted by Crippen LogP contribution is -2.48. The van der Waals surface area contributed by atoms with Gasteiger partial charge in [-0.25, -0.2) is 8.42 Å². The highest BCUT2D eigenvalue weighted by Crippen LogP contribution is 2.27. The Balaban J connectivity index is 2.39. The smallest absolute Gasteiger partial charge is 0.241 e. The Kier molecular flexibility index (Phi) is 4.80. The summed E-state index contributed by atoms with van der Waals surface area (Å²) in [6, 6.07) is 7.97. The monoisotopic (exact) mass is 324 g/mol. The van der Waals surface area contributed by atoms with Crippen molar-refractivity contribution in [1.82, 2.24) is 4.90 Å². The molecule has 122 valence electrons. The second-order valence-corrected chi connectivity index (χ2v) is 8.38. The molecule has 2 atom stereocenters. The lowest BCUT2D eigenvalue weighted by molar-refractivity contribution is -0.133. The molecule has 0 saturated carbocycles. The largest absolute Gasteiger partial charge is 0.372 e. The van der Waals surface area contributed by atoms with Gasteiger partial charge >= 0.3 is 0 Å². The van der Waals surface area contributed by atoms with E-state index in [-0.39, 0.29) is 11.9 Å². The van der Waals surface area contributed by atoms with Gasteiger partial charge in [-0.3, -0.25) is 4.79 Å². The van der Waals surface area contributed by atoms with E-state index in [4.69, 9.17) is 0 Å². The third-order valence-corrected chi connectivity index (χ3v) is 5.90. The minimum atomic E-state index is -3.39. The minimum Gasteiger partial charge on any atom is -0.372 e. The van der Waals surface area contributed by atoms with Gasteiger partial charge in [-0.1, -0.05) is 25.1 Å². The molecule has 0 radical (unpaired) electrons. The van der Waals surface area contributed by atoms with E-state index in [2.05, 4.69) is 4.90 Å². The Morgan fingerprint density at radius 3 is 2.59 bits per heavy atom. The molecule has 6 heteroatoms. The number of nitrogens with zero attached hydrogens (tertiary/aromatic N) is 2. The second kappa shape index (κ2) is 6.28. The van der Waals surface area contributed by atoms with Crippen LogP contribution in [0.2, 0.25) is 0 Å². The highest BCUT2D eigenvalue weighted by atomic mass is 32.2. The molecule has 0 spiro atoms. The summed E-state index contributed by atoms with van der Waals surface area (Å²) >= 11 is 0. The predicted molar refractivity (Wildman–Crippen MR) is 88.6 cm³/mol. The van der Waals surface area contributed by atoms with Gasteiger partial charge in [0.15, 0.2) is 9.84 Å². The maximum absolute atomic E-state index is 12.7. The number of likely N-dealkylation sites (N-methyl/N-ethyl adjacent to an activating group) is 1. The molecule has 1 aliphatic heterocycles. The molecule has 1 amide bonds. The second-order valence-electron chi connectivity index (χ2n) is 6.01. The number of benzene rings is 1. The number of amides is 1. The van der Waals surface area contributed by atoms with Crippen LogP contribution in [0.4, 0.5) is 5.69 Å². The van der Waals surface area contributed by atoms with Crippen LogP contribution in [0.1, 0.15) is 25.8 Å². The molecule has 0 bridgehead atoms. The third-order valence-electron chi connectivity index (χ3n) is 4.41. The lowest BCUT2D eigenvalue weighted by Gasteiger charge is -2.32. The zero-order chi connectivity index (χ0) is 16.5. The summed E-state index contributed by atoms with van der Waals surface area (Å²) in [5.41, 5.74) is 2.15. The van der Waals surface area contributed by atoms with Crippen molar-refractivity contribution in [2.75, 3.05) is 24.7 Å². The fourth-order valence-corrected chi connectivity index (χ4v) is 3.37. The van der Waals surface area contributed by atoms with Gasteiger partial charge in [0.05, 0.1) is 0 Å². The van der Waals surface area contributed by atoms with Gasteiger partial charge in [0.25, 0.3) is 0 Å². The normalized spacial score (nSPS) is 20.3. The van der Waals surface area contributed by atoms with E-state index < -0.39 is 15.1 Å². The van der Waals surface area contributed by atoms with Crippen molar-refractivity contribution < 1.29 is 13.2 Å². The fourth-order valence-electron chi connectivity index (χ4n) is 2.87. The Bertz CT molecular complexity index is 657. The predicted octanol–water partition coefficient (Wildman–Crippen LogP) is 1.68. The average molecular weight is 324 g/mol. The number of para-hydroxylation sites is 1. The Morgan fingerprint density at radius 2 is 2.00 bits per heavy atom. The first kappa shape index (κ1) is 16.8. The Hall–Kier alpha value is -1.56. The van der Waals surface area contributed by atoms with E-state index in [1.165, 1.54) is 6.92 Å². The molecule has 1 aliphatic rings. The van der Waals surface area contributed by atoms with E-state index in [0.717, 1.165) is 23.9 Å². The van der Waals surface area contributed by atoms with E-state index in [9.17, 15) is 13.2 Å². The summed E-state index contributed by atoms with van der Waals surface area (Å²) in [4.78, 5) is 16.6. The van der Waals surface area contributed by atoms with Gasteiger partial charge < -0.3 is 9.80 Å². The van der Waals surface area contributed by atoms with Crippen molar-refractivity contribution in [3.05, 3.63) is 29.8 Å². The molecule has 0 fully saturated rings. The molecule has 22 heavy (non-hydrogen) atoms. The molecule has 1 aromatic rings. The van der Waals surface area contributed by atoms with Crippen LogP contribution in [-0.2, 0) is 21.2 Å². The maximum atomic E-state index is 12.7. The molecule has 0 saturated heterocycles. The van der Waals surface area contributed by atoms with Crippen molar-refractivity contribution in [1.29, 1.82) is 0 Å². The SMILES string of the molecule is CC[C@H]1CN(C)c2ccccc2CN1C(=O)[C@@H](C)S(C)(=O)=O. The number of rotatable bonds is 3. The molecular weight excluding hydrogens is 300 g/mol. The number of fused-ring (bicyclic) bond motifs is 1. The molecule has 0 aromatic heterocycles. The number of hydrogen-bond acceptors (Lipinski definition) is 4. The topological polar surface area (TPSA) is 57.7 Å². The van der Waals surface area contributed by atoms with Crippen LogP contribution in [0.15, 0.2) is 24.3 Å². The van der Waals surface area contributed by atoms with Crippen LogP contribution < -0.4 is 4.90 Å². The van der Waals surface area contributed by atoms with Crippen molar-refractivity contribution in [2.45, 2.75) is 38.1 Å². The van der Waals surface area contributed by atoms with Crippen LogP contribution in [-0.4, -0.2) is 50.4 Å². The summed E-state index contributed by atoms with van der Waals surface area (Å²) in [6.07, 6.45) is 1.91. The van der Waals surface area contributed by atoms with Crippen LogP contribution in [0.5, 0.6) is 0 Å². The highest BCUT2D eigenvalue weighted by Gasteiger charge is 2.34. The number of carbonyl (C=O) groups excluding carboxylic acids is 1. The molecule has 0 aliphatic carbocycles. The van der Waals surface area contributed by atoms with E-state index in [1.54, 1.807) is 4.90 Å². The number of anilines is 1. The standard InChI is InChI=1S/C16H24N2O3S/c1-5-14-11-17(3)15-9-7-6-8-13(15)10-18(14)16(19)12(2)22(4,20)21/h6-9,12,14H,5,10-11H2,1-4H3/t12-,14+/m1/s1. The van der Waals surface area contributed by atoms with Crippen LogP contribution >= 0.6 is 0 Å². The van der Waals surface area contributed by atoms with Crippen molar-refractivity contribution in [3.63, 3.8) is 0 Å². The first-order valence-electron chi connectivity index (χ1n) is 7.54. The first-order valence-corrected chi connectivity index (χ1v) is 9.49. The zero-order valence-corrected chi connectivity index (χ0v) is 14.4. The van der Waals surface area contributed by atoms with Gasteiger partial charge in [0, 0.05) is 38.1 Å². The van der Waals surface area contributed by atoms with Gasteiger partial charge in [0.2, 0.25) is 5.91 Å². The molecule has 2 rings (SSSR count). The van der Waals surface area contributed by atoms with Crippen LogP contribution in [0.25, 0.3) is 0 Å². The summed E-state index contributed by atoms with van der Waals surface area (Å²) in [7, 11) is -1.38. The van der Waals surface area contributed by atoms with Crippen molar-refractivity contribution >= 4 is 21.4 Å². The summed E-state index contributed by atoms with van der Waals surface area (Å²) in [5, 5.41) is -1.00. The molecule has 1 aromatic carbocycles. The van der Waals surface area contributed by atoms with Gasteiger partial charge in [-0.05, 0) is 25.0 Å². The van der Waals surface area contributed by atoms with Crippen LogP contribution in [0, 0.1) is 0 Å². The Labute approximate surface area is 132 Å². The number of sulfone groups is 1. The van der Waals surface area contributed by atoms with Gasteiger partial charge in [-0.2, -0.15) is 0 Å². The maximum Gasteiger partial charge on any atom is 0.241 e. The molecule has 5 nitrogen and oxygen atoms in total. The summed E-state index contributed by atoms with van der Waals surface area (Å²) in [5.74, 6) is -0.306. The first-order chi connectivity index (χ1) is 10.3. The quantitative estimate of drug-likeness (QED) is 0.849. The van der Waals surface area contributed by atoms with Crippen molar-refractivity contribution in [2.24, 2.45) is 0 Å².